The summed E-state index contributed by atoms with van der Waals surface area (Å²) in [6, 6.07) is 6.11. The lowest BCUT2D eigenvalue weighted by Gasteiger charge is -2.31. The van der Waals surface area contributed by atoms with E-state index in [-0.39, 0.29) is 0 Å². The summed E-state index contributed by atoms with van der Waals surface area (Å²) in [7, 11) is 0. The number of nitrogens with zero attached hydrogens (tertiary/aromatic N) is 1. The van der Waals surface area contributed by atoms with Crippen molar-refractivity contribution < 1.29 is 5.11 Å². The van der Waals surface area contributed by atoms with Crippen LogP contribution in [0.2, 0.25) is 0 Å². The Bertz CT molecular complexity index is 362. The number of piperazine rings is 1. The van der Waals surface area contributed by atoms with E-state index in [4.69, 9.17) is 0 Å². The van der Waals surface area contributed by atoms with Gasteiger partial charge in [0.05, 0.1) is 6.10 Å². The third kappa shape index (κ3) is 2.56. The zero-order chi connectivity index (χ0) is 11.5. The molecule has 0 aliphatic carbocycles. The van der Waals surface area contributed by atoms with Crippen LogP contribution in [-0.4, -0.2) is 31.3 Å². The first-order chi connectivity index (χ1) is 7.68. The first-order valence-corrected chi connectivity index (χ1v) is 6.41. The summed E-state index contributed by atoms with van der Waals surface area (Å²) in [5.41, 5.74) is 2.15. The van der Waals surface area contributed by atoms with Gasteiger partial charge < -0.3 is 15.3 Å². The molecule has 1 aliphatic heterocycles. The van der Waals surface area contributed by atoms with E-state index in [9.17, 15) is 5.11 Å². The molecule has 1 aromatic rings. The molecule has 88 valence electrons. The zero-order valence-corrected chi connectivity index (χ0v) is 11.0. The molecule has 3 nitrogen and oxygen atoms in total. The van der Waals surface area contributed by atoms with Crippen LogP contribution in [0.3, 0.4) is 0 Å². The highest BCUT2D eigenvalue weighted by Gasteiger charge is 2.16. The van der Waals surface area contributed by atoms with Crippen LogP contribution >= 0.6 is 15.9 Å². The van der Waals surface area contributed by atoms with Crippen LogP contribution in [0.25, 0.3) is 0 Å². The largest absolute Gasteiger partial charge is 0.389 e. The minimum Gasteiger partial charge on any atom is -0.389 e. The van der Waals surface area contributed by atoms with Gasteiger partial charge in [-0.15, -0.1) is 0 Å². The highest BCUT2D eigenvalue weighted by atomic mass is 79.9. The van der Waals surface area contributed by atoms with Gasteiger partial charge in [-0.1, -0.05) is 15.9 Å². The standard InChI is InChI=1S/C12H17BrN2O/c1-9(16)11-8-10(13)2-3-12(11)15-6-4-14-5-7-15/h2-3,8-9,14,16H,4-7H2,1H3. The molecular weight excluding hydrogens is 268 g/mol. The average Bonchev–Trinajstić information content (AvgIpc) is 2.30. The van der Waals surface area contributed by atoms with Crippen molar-refractivity contribution in [3.8, 4) is 0 Å². The second kappa shape index (κ2) is 5.17. The summed E-state index contributed by atoms with van der Waals surface area (Å²) in [6.07, 6.45) is -0.428. The molecule has 1 unspecified atom stereocenters. The zero-order valence-electron chi connectivity index (χ0n) is 9.41. The van der Waals surface area contributed by atoms with Gasteiger partial charge in [-0.25, -0.2) is 0 Å². The molecule has 1 atom stereocenters. The van der Waals surface area contributed by atoms with Crippen LogP contribution in [-0.2, 0) is 0 Å². The molecular formula is C12H17BrN2O. The number of aliphatic hydroxyl groups excluding tert-OH is 1. The molecule has 0 bridgehead atoms. The average molecular weight is 285 g/mol. The number of rotatable bonds is 2. The number of aliphatic hydroxyl groups is 1. The number of anilines is 1. The fourth-order valence-electron chi connectivity index (χ4n) is 2.05. The number of hydrogen-bond donors (Lipinski definition) is 2. The Hall–Kier alpha value is -0.580. The molecule has 0 saturated carbocycles. The van der Waals surface area contributed by atoms with E-state index in [2.05, 4.69) is 32.2 Å². The van der Waals surface area contributed by atoms with Crippen molar-refractivity contribution >= 4 is 21.6 Å². The van der Waals surface area contributed by atoms with Gasteiger partial charge in [0.25, 0.3) is 0 Å². The maximum absolute atomic E-state index is 9.80. The van der Waals surface area contributed by atoms with E-state index in [1.165, 1.54) is 0 Å². The first kappa shape index (κ1) is 11.9. The summed E-state index contributed by atoms with van der Waals surface area (Å²) in [5, 5.41) is 13.1. The van der Waals surface area contributed by atoms with Crippen molar-refractivity contribution in [2.24, 2.45) is 0 Å². The lowest BCUT2D eigenvalue weighted by atomic mass is 10.1. The Morgan fingerprint density at radius 3 is 2.69 bits per heavy atom. The minimum absolute atomic E-state index is 0.428. The Kier molecular flexibility index (Phi) is 3.84. The van der Waals surface area contributed by atoms with E-state index in [1.54, 1.807) is 0 Å². The molecule has 2 N–H and O–H groups in total. The van der Waals surface area contributed by atoms with Gasteiger partial charge in [0.2, 0.25) is 0 Å². The van der Waals surface area contributed by atoms with Crippen LogP contribution in [0.4, 0.5) is 5.69 Å². The monoisotopic (exact) mass is 284 g/mol. The van der Waals surface area contributed by atoms with Crippen LogP contribution in [0, 0.1) is 0 Å². The second-order valence-electron chi connectivity index (χ2n) is 4.12. The second-order valence-corrected chi connectivity index (χ2v) is 5.03. The fourth-order valence-corrected chi connectivity index (χ4v) is 2.43. The van der Waals surface area contributed by atoms with Crippen molar-refractivity contribution in [3.05, 3.63) is 28.2 Å². The van der Waals surface area contributed by atoms with Crippen molar-refractivity contribution in [2.45, 2.75) is 13.0 Å². The van der Waals surface area contributed by atoms with Gasteiger partial charge in [0, 0.05) is 41.9 Å². The maximum Gasteiger partial charge on any atom is 0.0782 e. The minimum atomic E-state index is -0.428. The van der Waals surface area contributed by atoms with Crippen molar-refractivity contribution in [2.75, 3.05) is 31.1 Å². The van der Waals surface area contributed by atoms with Crippen LogP contribution in [0.15, 0.2) is 22.7 Å². The van der Waals surface area contributed by atoms with Gasteiger partial charge >= 0.3 is 0 Å². The summed E-state index contributed by atoms with van der Waals surface area (Å²) < 4.78 is 1.02. The number of hydrogen-bond acceptors (Lipinski definition) is 3. The lowest BCUT2D eigenvalue weighted by Crippen LogP contribution is -2.44. The molecule has 4 heteroatoms. The van der Waals surface area contributed by atoms with Crippen LogP contribution < -0.4 is 10.2 Å². The van der Waals surface area contributed by atoms with Gasteiger partial charge in [-0.05, 0) is 25.1 Å². The molecule has 0 aromatic heterocycles. The predicted molar refractivity (Wildman–Crippen MR) is 69.9 cm³/mol. The Balaban J connectivity index is 2.31. The van der Waals surface area contributed by atoms with Crippen LogP contribution in [0.5, 0.6) is 0 Å². The van der Waals surface area contributed by atoms with Gasteiger partial charge in [0.1, 0.15) is 0 Å². The summed E-state index contributed by atoms with van der Waals surface area (Å²) >= 11 is 3.45. The molecule has 16 heavy (non-hydrogen) atoms. The first-order valence-electron chi connectivity index (χ1n) is 5.61. The SMILES string of the molecule is CC(O)c1cc(Br)ccc1N1CCNCC1. The van der Waals surface area contributed by atoms with Crippen molar-refractivity contribution in [1.82, 2.24) is 5.32 Å². The molecule has 1 aromatic carbocycles. The van der Waals surface area contributed by atoms with E-state index >= 15 is 0 Å². The smallest absolute Gasteiger partial charge is 0.0782 e. The van der Waals surface area contributed by atoms with Crippen molar-refractivity contribution in [3.63, 3.8) is 0 Å². The summed E-state index contributed by atoms with van der Waals surface area (Å²) in [6.45, 7) is 5.83. The van der Waals surface area contributed by atoms with E-state index < -0.39 is 6.10 Å². The highest BCUT2D eigenvalue weighted by Crippen LogP contribution is 2.29. The third-order valence-corrected chi connectivity index (χ3v) is 3.39. The molecule has 0 spiro atoms. The fraction of sp³-hybridized carbons (Fsp3) is 0.500. The summed E-state index contributed by atoms with van der Waals surface area (Å²) in [4.78, 5) is 2.32. The normalized spacial score (nSPS) is 18.6. The number of halogens is 1. The van der Waals surface area contributed by atoms with Crippen molar-refractivity contribution in [1.29, 1.82) is 0 Å². The molecule has 1 aliphatic rings. The molecule has 1 saturated heterocycles. The van der Waals surface area contributed by atoms with E-state index in [0.717, 1.165) is 41.9 Å². The van der Waals surface area contributed by atoms with Gasteiger partial charge in [0.15, 0.2) is 0 Å². The number of nitrogens with one attached hydrogen (secondary N) is 1. The molecule has 0 amide bonds. The number of benzene rings is 1. The third-order valence-electron chi connectivity index (χ3n) is 2.90. The molecule has 0 radical (unpaired) electrons. The molecule has 1 heterocycles. The molecule has 1 fully saturated rings. The Morgan fingerprint density at radius 1 is 1.38 bits per heavy atom. The lowest BCUT2D eigenvalue weighted by molar-refractivity contribution is 0.199. The quantitative estimate of drug-likeness (QED) is 0.871. The van der Waals surface area contributed by atoms with Gasteiger partial charge in [-0.2, -0.15) is 0 Å². The Morgan fingerprint density at radius 2 is 2.06 bits per heavy atom. The maximum atomic E-state index is 9.80. The summed E-state index contributed by atoms with van der Waals surface area (Å²) in [5.74, 6) is 0. The predicted octanol–water partition coefficient (Wildman–Crippen LogP) is 1.91. The topological polar surface area (TPSA) is 35.5 Å². The highest BCUT2D eigenvalue weighted by molar-refractivity contribution is 9.10. The Labute approximate surface area is 105 Å². The van der Waals surface area contributed by atoms with Gasteiger partial charge in [-0.3, -0.25) is 0 Å². The van der Waals surface area contributed by atoms with Crippen LogP contribution in [0.1, 0.15) is 18.6 Å². The van der Waals surface area contributed by atoms with E-state index in [1.807, 2.05) is 19.1 Å². The van der Waals surface area contributed by atoms with E-state index in [0.29, 0.717) is 0 Å². The molecule has 2 rings (SSSR count).